The summed E-state index contributed by atoms with van der Waals surface area (Å²) < 4.78 is 4.51. The summed E-state index contributed by atoms with van der Waals surface area (Å²) in [4.78, 5) is 11.0. The van der Waals surface area contributed by atoms with E-state index in [-0.39, 0.29) is 18.1 Å². The van der Waals surface area contributed by atoms with Crippen LogP contribution in [0.15, 0.2) is 18.2 Å². The number of aryl methyl sites for hydroxylation is 1. The minimum atomic E-state index is -0.530. The molecule has 0 aromatic heterocycles. The number of phenols is 1. The van der Waals surface area contributed by atoms with Gasteiger partial charge in [0, 0.05) is 11.6 Å². The average Bonchev–Trinajstić information content (AvgIpc) is 2.17. The molecule has 0 saturated heterocycles. The molecule has 0 unspecified atom stereocenters. The van der Waals surface area contributed by atoms with E-state index >= 15 is 0 Å². The number of hydrogen-bond acceptors (Lipinski definition) is 4. The summed E-state index contributed by atoms with van der Waals surface area (Å²) in [7, 11) is 1.31. The quantitative estimate of drug-likeness (QED) is 0.735. The van der Waals surface area contributed by atoms with Gasteiger partial charge < -0.3 is 15.6 Å². The molecule has 4 heteroatoms. The van der Waals surface area contributed by atoms with E-state index < -0.39 is 6.04 Å². The van der Waals surface area contributed by atoms with Gasteiger partial charge in [0.1, 0.15) is 5.75 Å². The second-order valence-electron chi connectivity index (χ2n) is 3.45. The number of nitrogens with two attached hydrogens (primary N) is 1. The van der Waals surface area contributed by atoms with Crippen LogP contribution in [0.1, 0.15) is 23.6 Å². The van der Waals surface area contributed by atoms with E-state index in [9.17, 15) is 9.90 Å². The Balaban J connectivity index is 2.82. The van der Waals surface area contributed by atoms with Crippen molar-refractivity contribution in [2.24, 2.45) is 5.73 Å². The Bertz CT molecular complexity index is 363. The van der Waals surface area contributed by atoms with Gasteiger partial charge in [-0.05, 0) is 18.6 Å². The summed E-state index contributed by atoms with van der Waals surface area (Å²) in [5.41, 5.74) is 7.27. The van der Waals surface area contributed by atoms with Crippen LogP contribution >= 0.6 is 0 Å². The van der Waals surface area contributed by atoms with E-state index in [1.807, 2.05) is 13.0 Å². The fraction of sp³-hybridized carbons (Fsp3) is 0.364. The van der Waals surface area contributed by atoms with Gasteiger partial charge in [0.05, 0.1) is 13.5 Å². The SMILES string of the molecule is COC(=O)C[C@@H](N)c1ccc(C)cc1O. The molecule has 0 aliphatic rings. The molecule has 4 nitrogen and oxygen atoms in total. The highest BCUT2D eigenvalue weighted by Gasteiger charge is 2.15. The number of benzene rings is 1. The fourth-order valence-electron chi connectivity index (χ4n) is 1.34. The predicted octanol–water partition coefficient (Wildman–Crippen LogP) is 1.26. The summed E-state index contributed by atoms with van der Waals surface area (Å²) >= 11 is 0. The van der Waals surface area contributed by atoms with E-state index in [4.69, 9.17) is 5.73 Å². The van der Waals surface area contributed by atoms with Crippen molar-refractivity contribution in [3.8, 4) is 5.75 Å². The lowest BCUT2D eigenvalue weighted by molar-refractivity contribution is -0.141. The summed E-state index contributed by atoms with van der Waals surface area (Å²) in [6, 6.07) is 4.65. The average molecular weight is 209 g/mol. The molecular weight excluding hydrogens is 194 g/mol. The first-order valence-corrected chi connectivity index (χ1v) is 4.66. The molecule has 0 saturated carbocycles. The van der Waals surface area contributed by atoms with Crippen molar-refractivity contribution in [1.82, 2.24) is 0 Å². The lowest BCUT2D eigenvalue weighted by atomic mass is 10.0. The molecule has 3 N–H and O–H groups in total. The first kappa shape index (κ1) is 11.5. The largest absolute Gasteiger partial charge is 0.508 e. The van der Waals surface area contributed by atoms with Gasteiger partial charge >= 0.3 is 5.97 Å². The molecule has 0 amide bonds. The molecule has 82 valence electrons. The Labute approximate surface area is 88.7 Å². The van der Waals surface area contributed by atoms with E-state index in [0.29, 0.717) is 5.56 Å². The summed E-state index contributed by atoms with van der Waals surface area (Å²) in [6.07, 6.45) is 0.0626. The molecule has 1 rings (SSSR count). The molecular formula is C11H15NO3. The van der Waals surface area contributed by atoms with Crippen LogP contribution in [0.25, 0.3) is 0 Å². The van der Waals surface area contributed by atoms with Crippen LogP contribution in [-0.2, 0) is 9.53 Å². The fourth-order valence-corrected chi connectivity index (χ4v) is 1.34. The Morgan fingerprint density at radius 3 is 2.80 bits per heavy atom. The van der Waals surface area contributed by atoms with Crippen LogP contribution in [0.2, 0.25) is 0 Å². The minimum absolute atomic E-state index is 0.0626. The first-order chi connectivity index (χ1) is 7.04. The second-order valence-corrected chi connectivity index (χ2v) is 3.45. The third-order valence-electron chi connectivity index (χ3n) is 2.20. The zero-order valence-electron chi connectivity index (χ0n) is 8.86. The van der Waals surface area contributed by atoms with Gasteiger partial charge in [-0.25, -0.2) is 0 Å². The second kappa shape index (κ2) is 4.79. The minimum Gasteiger partial charge on any atom is -0.508 e. The number of rotatable bonds is 3. The zero-order chi connectivity index (χ0) is 11.4. The van der Waals surface area contributed by atoms with Crippen molar-refractivity contribution in [2.45, 2.75) is 19.4 Å². The van der Waals surface area contributed by atoms with Crippen molar-refractivity contribution in [3.05, 3.63) is 29.3 Å². The van der Waals surface area contributed by atoms with Crippen LogP contribution in [-0.4, -0.2) is 18.2 Å². The van der Waals surface area contributed by atoms with Crippen molar-refractivity contribution < 1.29 is 14.6 Å². The molecule has 1 atom stereocenters. The molecule has 0 radical (unpaired) electrons. The first-order valence-electron chi connectivity index (χ1n) is 4.66. The van der Waals surface area contributed by atoms with Gasteiger partial charge in [-0.2, -0.15) is 0 Å². The molecule has 1 aromatic rings. The summed E-state index contributed by atoms with van der Waals surface area (Å²) in [6.45, 7) is 1.87. The number of esters is 1. The molecule has 0 bridgehead atoms. The third-order valence-corrected chi connectivity index (χ3v) is 2.20. The Hall–Kier alpha value is -1.55. The number of ether oxygens (including phenoxy) is 1. The van der Waals surface area contributed by atoms with Gasteiger partial charge in [0.15, 0.2) is 0 Å². The van der Waals surface area contributed by atoms with Crippen LogP contribution in [0.3, 0.4) is 0 Å². The summed E-state index contributed by atoms with van der Waals surface area (Å²) in [5.74, 6) is -0.270. The van der Waals surface area contributed by atoms with E-state index in [1.165, 1.54) is 7.11 Å². The maximum Gasteiger partial charge on any atom is 0.307 e. The van der Waals surface area contributed by atoms with E-state index in [0.717, 1.165) is 5.56 Å². The monoisotopic (exact) mass is 209 g/mol. The normalized spacial score (nSPS) is 12.2. The maximum atomic E-state index is 11.0. The van der Waals surface area contributed by atoms with Crippen molar-refractivity contribution in [1.29, 1.82) is 0 Å². The highest BCUT2D eigenvalue weighted by Crippen LogP contribution is 2.25. The number of carbonyl (C=O) groups is 1. The van der Waals surface area contributed by atoms with Gasteiger partial charge in [-0.3, -0.25) is 4.79 Å². The van der Waals surface area contributed by atoms with Crippen LogP contribution in [0.4, 0.5) is 0 Å². The Morgan fingerprint density at radius 1 is 1.60 bits per heavy atom. The number of aromatic hydroxyl groups is 1. The number of methoxy groups -OCH3 is 1. The van der Waals surface area contributed by atoms with Crippen molar-refractivity contribution in [2.75, 3.05) is 7.11 Å². The molecule has 0 aliphatic carbocycles. The van der Waals surface area contributed by atoms with Crippen molar-refractivity contribution in [3.63, 3.8) is 0 Å². The number of carbonyl (C=O) groups excluding carboxylic acids is 1. The van der Waals surface area contributed by atoms with E-state index in [1.54, 1.807) is 12.1 Å². The van der Waals surface area contributed by atoms with Gasteiger partial charge in [0.25, 0.3) is 0 Å². The van der Waals surface area contributed by atoms with Crippen LogP contribution in [0.5, 0.6) is 5.75 Å². The molecule has 1 aromatic carbocycles. The standard InChI is InChI=1S/C11H15NO3/c1-7-3-4-8(10(13)5-7)9(12)6-11(14)15-2/h3-5,9,13H,6,12H2,1-2H3/t9-/m1/s1. The Kier molecular flexibility index (Phi) is 3.68. The van der Waals surface area contributed by atoms with Gasteiger partial charge in [0.2, 0.25) is 0 Å². The van der Waals surface area contributed by atoms with Gasteiger partial charge in [-0.1, -0.05) is 12.1 Å². The number of phenolic OH excluding ortho intramolecular Hbond substituents is 1. The molecule has 0 spiro atoms. The molecule has 0 fully saturated rings. The smallest absolute Gasteiger partial charge is 0.307 e. The van der Waals surface area contributed by atoms with E-state index in [2.05, 4.69) is 4.74 Å². The predicted molar refractivity (Wildman–Crippen MR) is 56.4 cm³/mol. The molecule has 15 heavy (non-hydrogen) atoms. The molecule has 0 heterocycles. The lowest BCUT2D eigenvalue weighted by Gasteiger charge is -2.12. The highest BCUT2D eigenvalue weighted by molar-refractivity contribution is 5.70. The van der Waals surface area contributed by atoms with Crippen LogP contribution < -0.4 is 5.73 Å². The maximum absolute atomic E-state index is 11.0. The van der Waals surface area contributed by atoms with Gasteiger partial charge in [-0.15, -0.1) is 0 Å². The topological polar surface area (TPSA) is 72.5 Å². The third kappa shape index (κ3) is 2.95. The Morgan fingerprint density at radius 2 is 2.27 bits per heavy atom. The van der Waals surface area contributed by atoms with Crippen molar-refractivity contribution >= 4 is 5.97 Å². The highest BCUT2D eigenvalue weighted by atomic mass is 16.5. The number of hydrogen-bond donors (Lipinski definition) is 2. The van der Waals surface area contributed by atoms with Crippen LogP contribution in [0, 0.1) is 6.92 Å². The molecule has 0 aliphatic heterocycles. The lowest BCUT2D eigenvalue weighted by Crippen LogP contribution is -2.16. The summed E-state index contributed by atoms with van der Waals surface area (Å²) in [5, 5.41) is 9.62. The zero-order valence-corrected chi connectivity index (χ0v) is 8.86.